The largest absolute Gasteiger partial charge is 0.396 e. The number of β-lactam (4-membered cyclic amide) rings is 1. The Labute approximate surface area is 278 Å². The third kappa shape index (κ3) is 10.9. The number of benzene rings is 3. The molecule has 3 unspecified atom stereocenters. The number of sulfonamides is 1. The van der Waals surface area contributed by atoms with Crippen LogP contribution in [0.15, 0.2) is 72.8 Å². The van der Waals surface area contributed by atoms with Gasteiger partial charge in [-0.3, -0.25) is 4.79 Å². The van der Waals surface area contributed by atoms with Gasteiger partial charge in [-0.1, -0.05) is 61.4 Å². The van der Waals surface area contributed by atoms with Gasteiger partial charge in [0.15, 0.2) is 0 Å². The third-order valence-corrected chi connectivity index (χ3v) is 9.83. The summed E-state index contributed by atoms with van der Waals surface area (Å²) in [5.74, 6) is -0.749. The van der Waals surface area contributed by atoms with Crippen LogP contribution >= 0.6 is 0 Å². The first-order valence-corrected chi connectivity index (χ1v) is 18.6. The van der Waals surface area contributed by atoms with Crippen molar-refractivity contribution in [3.8, 4) is 0 Å². The van der Waals surface area contributed by atoms with E-state index in [0.29, 0.717) is 24.9 Å². The van der Waals surface area contributed by atoms with Gasteiger partial charge in [0, 0.05) is 31.4 Å². The molecule has 4 N–H and O–H groups in total. The van der Waals surface area contributed by atoms with Crippen molar-refractivity contribution in [1.29, 1.82) is 0 Å². The van der Waals surface area contributed by atoms with Crippen molar-refractivity contribution in [2.24, 2.45) is 11.8 Å². The number of halogens is 1. The van der Waals surface area contributed by atoms with Crippen molar-refractivity contribution in [3.05, 3.63) is 101 Å². The first kappa shape index (κ1) is 36.7. The second kappa shape index (κ2) is 17.8. The first-order chi connectivity index (χ1) is 22.6. The molecule has 256 valence electrons. The number of hydrogen-bond donors (Lipinski definition) is 4. The zero-order valence-electron chi connectivity index (χ0n) is 27.2. The minimum Gasteiger partial charge on any atom is -0.396 e. The molecule has 0 bridgehead atoms. The predicted octanol–water partition coefficient (Wildman–Crippen LogP) is 5.62. The molecule has 0 saturated carbocycles. The molecular weight excluding hydrogens is 619 g/mol. The summed E-state index contributed by atoms with van der Waals surface area (Å²) in [6.07, 6.45) is 8.34. The zero-order chi connectivity index (χ0) is 33.8. The van der Waals surface area contributed by atoms with Gasteiger partial charge in [-0.05, 0) is 97.9 Å². The van der Waals surface area contributed by atoms with E-state index < -0.39 is 16.1 Å². The fourth-order valence-corrected chi connectivity index (χ4v) is 6.81. The predicted molar refractivity (Wildman–Crippen MR) is 183 cm³/mol. The molecule has 1 aliphatic heterocycles. The normalized spacial score (nSPS) is 17.2. The molecule has 1 fully saturated rings. The Morgan fingerprint density at radius 3 is 2.02 bits per heavy atom. The monoisotopic (exact) mass is 668 g/mol. The third-order valence-electron chi connectivity index (χ3n) is 9.11. The molecule has 47 heavy (non-hydrogen) atoms. The topological polar surface area (TPSA) is 127 Å². The van der Waals surface area contributed by atoms with Gasteiger partial charge in [0.2, 0.25) is 15.9 Å². The van der Waals surface area contributed by atoms with E-state index in [0.717, 1.165) is 68.2 Å². The van der Waals surface area contributed by atoms with Gasteiger partial charge < -0.3 is 20.2 Å². The SMILES string of the molecule is CS(=O)(=O)NCCCCCCc1ccc(N2C(=O)C(CCC(O)c3ccc(F)cc3)C2c2ccc(CCCC(CO)CO)cc2)cc1. The molecule has 0 spiro atoms. The van der Waals surface area contributed by atoms with Crippen LogP contribution in [0.4, 0.5) is 10.1 Å². The molecule has 1 amide bonds. The summed E-state index contributed by atoms with van der Waals surface area (Å²) >= 11 is 0. The number of rotatable bonds is 20. The van der Waals surface area contributed by atoms with Crippen LogP contribution in [0.2, 0.25) is 0 Å². The average molecular weight is 669 g/mol. The molecule has 1 aliphatic rings. The van der Waals surface area contributed by atoms with E-state index in [2.05, 4.69) is 41.1 Å². The molecule has 1 heterocycles. The number of aryl methyl sites for hydroxylation is 2. The number of carbonyl (C=O) groups is 1. The number of carbonyl (C=O) groups excluding carboxylic acids is 1. The van der Waals surface area contributed by atoms with Crippen LogP contribution < -0.4 is 9.62 Å². The second-order valence-electron chi connectivity index (χ2n) is 12.8. The fourth-order valence-electron chi connectivity index (χ4n) is 6.29. The zero-order valence-corrected chi connectivity index (χ0v) is 28.0. The maximum absolute atomic E-state index is 13.6. The summed E-state index contributed by atoms with van der Waals surface area (Å²) in [5.41, 5.74) is 4.81. The van der Waals surface area contributed by atoms with Gasteiger partial charge in [0.1, 0.15) is 5.82 Å². The van der Waals surface area contributed by atoms with E-state index in [4.69, 9.17) is 0 Å². The lowest BCUT2D eigenvalue weighted by Crippen LogP contribution is -2.55. The molecule has 4 rings (SSSR count). The van der Waals surface area contributed by atoms with Gasteiger partial charge in [0.05, 0.1) is 24.3 Å². The van der Waals surface area contributed by atoms with Crippen LogP contribution in [0.1, 0.15) is 85.8 Å². The summed E-state index contributed by atoms with van der Waals surface area (Å²) in [6, 6.07) is 22.0. The maximum atomic E-state index is 13.6. The summed E-state index contributed by atoms with van der Waals surface area (Å²) < 4.78 is 38.3. The molecule has 3 aromatic rings. The number of aliphatic hydroxyl groups is 3. The van der Waals surface area contributed by atoms with Crippen molar-refractivity contribution in [3.63, 3.8) is 0 Å². The number of amides is 1. The smallest absolute Gasteiger partial charge is 0.233 e. The lowest BCUT2D eigenvalue weighted by atomic mass is 9.78. The Morgan fingerprint density at radius 1 is 0.809 bits per heavy atom. The van der Waals surface area contributed by atoms with Gasteiger partial charge in [-0.25, -0.2) is 17.5 Å². The van der Waals surface area contributed by atoms with Crippen LogP contribution in [0.25, 0.3) is 0 Å². The molecule has 10 heteroatoms. The quantitative estimate of drug-likeness (QED) is 0.0915. The van der Waals surface area contributed by atoms with Crippen LogP contribution in [0.3, 0.4) is 0 Å². The molecule has 3 aromatic carbocycles. The highest BCUT2D eigenvalue weighted by molar-refractivity contribution is 7.88. The summed E-state index contributed by atoms with van der Waals surface area (Å²) in [6.45, 7) is 0.418. The van der Waals surface area contributed by atoms with Gasteiger partial charge in [0.25, 0.3) is 0 Å². The van der Waals surface area contributed by atoms with E-state index in [1.807, 2.05) is 17.0 Å². The van der Waals surface area contributed by atoms with Crippen LogP contribution in [-0.4, -0.2) is 55.7 Å². The summed E-state index contributed by atoms with van der Waals surface area (Å²) in [4.78, 5) is 15.5. The Hall–Kier alpha value is -3.15. The molecule has 1 saturated heterocycles. The highest BCUT2D eigenvalue weighted by Crippen LogP contribution is 2.46. The minimum absolute atomic E-state index is 0.0138. The van der Waals surface area contributed by atoms with E-state index in [1.54, 1.807) is 12.1 Å². The van der Waals surface area contributed by atoms with Crippen molar-refractivity contribution >= 4 is 21.6 Å². The van der Waals surface area contributed by atoms with Crippen molar-refractivity contribution in [2.45, 2.75) is 76.4 Å². The first-order valence-electron chi connectivity index (χ1n) is 16.7. The number of nitrogens with zero attached hydrogens (tertiary/aromatic N) is 1. The standard InChI is InChI=1S/C37H49FN2O6S/c1-47(45,46)39-24-5-3-2-4-7-27-12-20-33(21-13-27)40-36(31-14-10-28(11-15-31)8-6-9-29(25-41)26-42)34(37(40)44)22-23-35(43)30-16-18-32(38)19-17-30/h10-21,29,34-36,39,41-43H,2-9,22-26H2,1H3. The van der Waals surface area contributed by atoms with Crippen LogP contribution in [0, 0.1) is 17.7 Å². The number of hydrogen-bond acceptors (Lipinski definition) is 6. The number of nitrogens with one attached hydrogen (secondary N) is 1. The summed E-state index contributed by atoms with van der Waals surface area (Å²) in [7, 11) is -3.14. The highest BCUT2D eigenvalue weighted by Gasteiger charge is 2.48. The lowest BCUT2D eigenvalue weighted by molar-refractivity contribution is -0.131. The number of unbranched alkanes of at least 4 members (excludes halogenated alkanes) is 3. The highest BCUT2D eigenvalue weighted by atomic mass is 32.2. The van der Waals surface area contributed by atoms with Gasteiger partial charge >= 0.3 is 0 Å². The molecule has 0 aliphatic carbocycles. The number of aliphatic hydroxyl groups excluding tert-OH is 3. The minimum atomic E-state index is -3.14. The Kier molecular flexibility index (Phi) is 13.9. The molecule has 3 atom stereocenters. The molecule has 0 radical (unpaired) electrons. The number of anilines is 1. The van der Waals surface area contributed by atoms with E-state index in [-0.39, 0.29) is 42.8 Å². The van der Waals surface area contributed by atoms with Crippen LogP contribution in [-0.2, 0) is 27.7 Å². The summed E-state index contributed by atoms with van der Waals surface area (Å²) in [5, 5.41) is 29.5. The Morgan fingerprint density at radius 2 is 1.40 bits per heavy atom. The maximum Gasteiger partial charge on any atom is 0.233 e. The Bertz CT molecular complexity index is 1500. The van der Waals surface area contributed by atoms with E-state index >= 15 is 0 Å². The Balaban J connectivity index is 1.40. The van der Waals surface area contributed by atoms with Crippen molar-refractivity contribution in [1.82, 2.24) is 4.72 Å². The lowest BCUT2D eigenvalue weighted by Gasteiger charge is -2.48. The van der Waals surface area contributed by atoms with Crippen molar-refractivity contribution < 1.29 is 32.9 Å². The second-order valence-corrected chi connectivity index (χ2v) is 14.6. The fraction of sp³-hybridized carbons (Fsp3) is 0.486. The molecular formula is C37H49FN2O6S. The van der Waals surface area contributed by atoms with Crippen molar-refractivity contribution in [2.75, 3.05) is 30.9 Å². The van der Waals surface area contributed by atoms with Crippen LogP contribution in [0.5, 0.6) is 0 Å². The molecule has 0 aromatic heterocycles. The molecule has 8 nitrogen and oxygen atoms in total. The van der Waals surface area contributed by atoms with Gasteiger partial charge in [-0.2, -0.15) is 0 Å². The average Bonchev–Trinajstić information content (AvgIpc) is 3.06. The van der Waals surface area contributed by atoms with E-state index in [9.17, 15) is 32.9 Å². The van der Waals surface area contributed by atoms with Gasteiger partial charge in [-0.15, -0.1) is 0 Å². The van der Waals surface area contributed by atoms with E-state index in [1.165, 1.54) is 24.0 Å².